The molecule has 0 aromatic rings. The van der Waals surface area contributed by atoms with Gasteiger partial charge in [-0.1, -0.05) is 27.7 Å². The van der Waals surface area contributed by atoms with E-state index in [0.717, 1.165) is 12.8 Å². The highest BCUT2D eigenvalue weighted by atomic mass is 16.5. The maximum Gasteiger partial charge on any atom is 0.308 e. The number of esters is 1. The number of ether oxygens (including phenoxy) is 1. The monoisotopic (exact) mass is 283 g/mol. The zero-order valence-corrected chi connectivity index (χ0v) is 13.2. The Morgan fingerprint density at radius 3 is 2.75 bits per heavy atom. The summed E-state index contributed by atoms with van der Waals surface area (Å²) >= 11 is 0. The quantitative estimate of drug-likeness (QED) is 0.758. The fourth-order valence-electron chi connectivity index (χ4n) is 4.00. The number of aliphatic hydroxyl groups excluding tert-OH is 1. The molecule has 4 unspecified atom stereocenters. The third-order valence-corrected chi connectivity index (χ3v) is 5.95. The fraction of sp³-hybridized carbons (Fsp3) is 0.938. The van der Waals surface area contributed by atoms with E-state index in [4.69, 9.17) is 10.5 Å². The number of hydrogen-bond acceptors (Lipinski definition) is 4. The minimum atomic E-state index is -0.538. The van der Waals surface area contributed by atoms with Gasteiger partial charge < -0.3 is 15.6 Å². The highest BCUT2D eigenvalue weighted by molar-refractivity contribution is 5.71. The van der Waals surface area contributed by atoms with E-state index in [1.807, 2.05) is 0 Å². The predicted molar refractivity (Wildman–Crippen MR) is 78.0 cm³/mol. The van der Waals surface area contributed by atoms with Crippen LogP contribution < -0.4 is 5.73 Å². The van der Waals surface area contributed by atoms with Gasteiger partial charge in [0.15, 0.2) is 0 Å². The summed E-state index contributed by atoms with van der Waals surface area (Å²) in [6, 6.07) is 0. The van der Waals surface area contributed by atoms with E-state index >= 15 is 0 Å². The van der Waals surface area contributed by atoms with Crippen LogP contribution in [0.1, 0.15) is 53.4 Å². The van der Waals surface area contributed by atoms with Gasteiger partial charge in [0.1, 0.15) is 6.10 Å². The second-order valence-corrected chi connectivity index (χ2v) is 7.63. The van der Waals surface area contributed by atoms with Gasteiger partial charge in [-0.05, 0) is 36.6 Å². The maximum atomic E-state index is 11.6. The molecule has 0 radical (unpaired) electrons. The third-order valence-electron chi connectivity index (χ3n) is 5.95. The first-order chi connectivity index (χ1) is 9.21. The van der Waals surface area contributed by atoms with Crippen molar-refractivity contribution in [3.05, 3.63) is 0 Å². The van der Waals surface area contributed by atoms with Crippen molar-refractivity contribution >= 4 is 5.97 Å². The number of nitrogens with two attached hydrogens (primary N) is 1. The molecule has 0 spiro atoms. The standard InChI is InChI=1S/C16H29NO3/c1-10(5-6-17)15(2,3)12-9-16(12,4)13-7-11(18)8-14(19)20-13/h10-13,18H,5-9,17H2,1-4H3/t10-,11?,12?,13?,16?/m1/s1. The molecule has 4 heteroatoms. The first-order valence-electron chi connectivity index (χ1n) is 7.79. The van der Waals surface area contributed by atoms with Gasteiger partial charge in [0.25, 0.3) is 0 Å². The summed E-state index contributed by atoms with van der Waals surface area (Å²) in [7, 11) is 0. The molecule has 3 N–H and O–H groups in total. The van der Waals surface area contributed by atoms with Crippen molar-refractivity contribution in [2.24, 2.45) is 28.4 Å². The number of carbonyl (C=O) groups excluding carboxylic acids is 1. The van der Waals surface area contributed by atoms with Crippen LogP contribution in [0.2, 0.25) is 0 Å². The van der Waals surface area contributed by atoms with E-state index in [1.165, 1.54) is 0 Å². The molecular weight excluding hydrogens is 254 g/mol. The van der Waals surface area contributed by atoms with Crippen molar-refractivity contribution in [3.8, 4) is 0 Å². The molecule has 20 heavy (non-hydrogen) atoms. The van der Waals surface area contributed by atoms with Crippen LogP contribution in [-0.4, -0.2) is 29.8 Å². The first-order valence-corrected chi connectivity index (χ1v) is 7.79. The Kier molecular flexibility index (Phi) is 4.18. The van der Waals surface area contributed by atoms with E-state index in [2.05, 4.69) is 27.7 Å². The van der Waals surface area contributed by atoms with Gasteiger partial charge in [0.05, 0.1) is 12.5 Å². The van der Waals surface area contributed by atoms with E-state index in [-0.39, 0.29) is 29.3 Å². The SMILES string of the molecule is C[C@H](CCN)C(C)(C)C1CC1(C)C1CC(O)CC(=O)O1. The molecule has 2 aliphatic rings. The molecule has 116 valence electrons. The molecule has 1 heterocycles. The number of carbonyl (C=O) groups is 1. The van der Waals surface area contributed by atoms with Crippen LogP contribution in [0.4, 0.5) is 0 Å². The molecule has 0 bridgehead atoms. The lowest BCUT2D eigenvalue weighted by molar-refractivity contribution is -0.166. The van der Waals surface area contributed by atoms with E-state index < -0.39 is 6.10 Å². The lowest BCUT2D eigenvalue weighted by atomic mass is 9.71. The van der Waals surface area contributed by atoms with Gasteiger partial charge in [0.2, 0.25) is 0 Å². The van der Waals surface area contributed by atoms with Crippen LogP contribution in [0.3, 0.4) is 0 Å². The molecule has 1 saturated carbocycles. The van der Waals surface area contributed by atoms with Crippen LogP contribution in [0.5, 0.6) is 0 Å². The van der Waals surface area contributed by atoms with Crippen molar-refractivity contribution in [2.45, 2.75) is 65.6 Å². The predicted octanol–water partition coefficient (Wildman–Crippen LogP) is 2.09. The highest BCUT2D eigenvalue weighted by Gasteiger charge is 2.63. The van der Waals surface area contributed by atoms with Gasteiger partial charge in [-0.15, -0.1) is 0 Å². The average molecular weight is 283 g/mol. The molecule has 0 aromatic carbocycles. The maximum absolute atomic E-state index is 11.6. The number of rotatable bonds is 5. The van der Waals surface area contributed by atoms with E-state index in [9.17, 15) is 9.90 Å². The molecular formula is C16H29NO3. The lowest BCUT2D eigenvalue weighted by Gasteiger charge is -2.37. The van der Waals surface area contributed by atoms with Crippen LogP contribution in [0, 0.1) is 22.7 Å². The minimum Gasteiger partial charge on any atom is -0.462 e. The van der Waals surface area contributed by atoms with Crippen LogP contribution in [0.15, 0.2) is 0 Å². The molecule has 0 aromatic heterocycles. The van der Waals surface area contributed by atoms with Gasteiger partial charge in [-0.2, -0.15) is 0 Å². The summed E-state index contributed by atoms with van der Waals surface area (Å²) in [6.45, 7) is 9.76. The number of hydrogen-bond donors (Lipinski definition) is 2. The highest BCUT2D eigenvalue weighted by Crippen LogP contribution is 2.66. The van der Waals surface area contributed by atoms with Gasteiger partial charge in [-0.25, -0.2) is 0 Å². The van der Waals surface area contributed by atoms with Crippen LogP contribution in [-0.2, 0) is 9.53 Å². The summed E-state index contributed by atoms with van der Waals surface area (Å²) in [5, 5.41) is 9.81. The Morgan fingerprint density at radius 1 is 1.55 bits per heavy atom. The minimum absolute atomic E-state index is 0.0173. The Balaban J connectivity index is 2.06. The molecule has 4 nitrogen and oxygen atoms in total. The molecule has 1 saturated heterocycles. The third kappa shape index (κ3) is 2.73. The molecule has 1 aliphatic carbocycles. The largest absolute Gasteiger partial charge is 0.462 e. The van der Waals surface area contributed by atoms with Crippen molar-refractivity contribution in [2.75, 3.05) is 6.54 Å². The summed E-state index contributed by atoms with van der Waals surface area (Å²) in [4.78, 5) is 11.6. The zero-order valence-electron chi connectivity index (χ0n) is 13.2. The number of cyclic esters (lactones) is 1. The van der Waals surface area contributed by atoms with Gasteiger partial charge >= 0.3 is 5.97 Å². The Bertz CT molecular complexity index is 382. The smallest absolute Gasteiger partial charge is 0.308 e. The van der Waals surface area contributed by atoms with Crippen LogP contribution >= 0.6 is 0 Å². The van der Waals surface area contributed by atoms with Crippen molar-refractivity contribution < 1.29 is 14.6 Å². The summed E-state index contributed by atoms with van der Waals surface area (Å²) in [5.41, 5.74) is 5.89. The van der Waals surface area contributed by atoms with Gasteiger partial charge in [-0.3, -0.25) is 4.79 Å². The molecule has 0 amide bonds. The second-order valence-electron chi connectivity index (χ2n) is 7.63. The Labute approximate surface area is 122 Å². The average Bonchev–Trinajstić information content (AvgIpc) is 3.03. The van der Waals surface area contributed by atoms with Crippen molar-refractivity contribution in [1.82, 2.24) is 0 Å². The first kappa shape index (κ1) is 15.8. The topological polar surface area (TPSA) is 72.5 Å². The van der Waals surface area contributed by atoms with Crippen molar-refractivity contribution in [3.63, 3.8) is 0 Å². The normalized spacial score (nSPS) is 39.3. The zero-order chi connectivity index (χ0) is 15.1. The molecule has 1 aliphatic heterocycles. The Morgan fingerprint density at radius 2 is 2.20 bits per heavy atom. The van der Waals surface area contributed by atoms with Gasteiger partial charge in [0, 0.05) is 11.8 Å². The molecule has 5 atom stereocenters. The summed E-state index contributed by atoms with van der Waals surface area (Å²) in [6.07, 6.45) is 2.15. The lowest BCUT2D eigenvalue weighted by Crippen LogP contribution is -2.40. The summed E-state index contributed by atoms with van der Waals surface area (Å²) < 4.78 is 5.53. The molecule has 2 fully saturated rings. The summed E-state index contributed by atoms with van der Waals surface area (Å²) in [5.74, 6) is 0.816. The molecule has 2 rings (SSSR count). The van der Waals surface area contributed by atoms with Crippen molar-refractivity contribution in [1.29, 1.82) is 0 Å². The number of aliphatic hydroxyl groups is 1. The fourth-order valence-corrected chi connectivity index (χ4v) is 4.00. The van der Waals surface area contributed by atoms with Crippen LogP contribution in [0.25, 0.3) is 0 Å². The second kappa shape index (κ2) is 5.30. The van der Waals surface area contributed by atoms with E-state index in [0.29, 0.717) is 24.8 Å². The van der Waals surface area contributed by atoms with E-state index in [1.54, 1.807) is 0 Å². The Hall–Kier alpha value is -0.610.